The summed E-state index contributed by atoms with van der Waals surface area (Å²) in [6, 6.07) is 20.6. The topological polar surface area (TPSA) is 55.4 Å². The molecule has 3 aromatic rings. The summed E-state index contributed by atoms with van der Waals surface area (Å²) in [4.78, 5) is 25.5. The molecule has 138 valence electrons. The Bertz CT molecular complexity index is 874. The van der Waals surface area contributed by atoms with Crippen molar-refractivity contribution in [1.29, 1.82) is 0 Å². The largest absolute Gasteiger partial charge is 0.452 e. The van der Waals surface area contributed by atoms with E-state index in [-0.39, 0.29) is 18.6 Å². The number of benzene rings is 2. The third-order valence-corrected chi connectivity index (χ3v) is 5.14. The summed E-state index contributed by atoms with van der Waals surface area (Å²) in [6.07, 6.45) is 0.904. The van der Waals surface area contributed by atoms with Crippen molar-refractivity contribution in [2.75, 3.05) is 6.61 Å². The van der Waals surface area contributed by atoms with Crippen LogP contribution in [0.2, 0.25) is 0 Å². The second kappa shape index (κ2) is 9.14. The van der Waals surface area contributed by atoms with Crippen molar-refractivity contribution < 1.29 is 14.3 Å². The highest BCUT2D eigenvalue weighted by Gasteiger charge is 2.19. The molecule has 0 aliphatic heterocycles. The van der Waals surface area contributed by atoms with Crippen molar-refractivity contribution in [2.24, 2.45) is 0 Å². The van der Waals surface area contributed by atoms with Gasteiger partial charge in [-0.25, -0.2) is 4.79 Å². The molecular formula is C22H21NO3S. The van der Waals surface area contributed by atoms with E-state index in [0.29, 0.717) is 5.56 Å². The summed E-state index contributed by atoms with van der Waals surface area (Å²) in [5.74, 6) is -0.837. The van der Waals surface area contributed by atoms with Crippen molar-refractivity contribution in [1.82, 2.24) is 5.32 Å². The molecule has 1 amide bonds. The number of ether oxygens (including phenoxy) is 1. The van der Waals surface area contributed by atoms with Gasteiger partial charge in [-0.15, -0.1) is 11.3 Å². The van der Waals surface area contributed by atoms with Gasteiger partial charge in [0.25, 0.3) is 5.91 Å². The summed E-state index contributed by atoms with van der Waals surface area (Å²) >= 11 is 1.57. The minimum Gasteiger partial charge on any atom is -0.452 e. The van der Waals surface area contributed by atoms with Crippen LogP contribution < -0.4 is 5.32 Å². The first kappa shape index (κ1) is 18.9. The second-order valence-electron chi connectivity index (χ2n) is 6.05. The average molecular weight is 379 g/mol. The number of hydrogen-bond acceptors (Lipinski definition) is 4. The number of esters is 1. The van der Waals surface area contributed by atoms with E-state index in [1.165, 1.54) is 0 Å². The Morgan fingerprint density at radius 2 is 1.74 bits per heavy atom. The van der Waals surface area contributed by atoms with Crippen LogP contribution >= 0.6 is 11.3 Å². The van der Waals surface area contributed by atoms with Gasteiger partial charge < -0.3 is 10.1 Å². The van der Waals surface area contributed by atoms with Gasteiger partial charge in [0.15, 0.2) is 6.61 Å². The van der Waals surface area contributed by atoms with Crippen molar-refractivity contribution >= 4 is 23.2 Å². The van der Waals surface area contributed by atoms with Crippen LogP contribution in [0.5, 0.6) is 0 Å². The number of aryl methyl sites for hydroxylation is 1. The van der Waals surface area contributed by atoms with Crippen LogP contribution in [0.3, 0.4) is 0 Å². The number of nitrogens with one attached hydrogen (secondary N) is 1. The highest BCUT2D eigenvalue weighted by atomic mass is 32.1. The van der Waals surface area contributed by atoms with E-state index in [0.717, 1.165) is 22.4 Å². The Balaban J connectivity index is 1.61. The van der Waals surface area contributed by atoms with E-state index in [1.54, 1.807) is 23.5 Å². The fraction of sp³-hybridized carbons (Fsp3) is 0.182. The highest BCUT2D eigenvalue weighted by Crippen LogP contribution is 2.25. The first-order valence-corrected chi connectivity index (χ1v) is 9.69. The molecule has 0 radical (unpaired) electrons. The molecule has 0 saturated carbocycles. The van der Waals surface area contributed by atoms with Crippen LogP contribution in [0, 0.1) is 0 Å². The van der Waals surface area contributed by atoms with Crippen LogP contribution in [0.1, 0.15) is 39.3 Å². The van der Waals surface area contributed by atoms with E-state index in [9.17, 15) is 9.59 Å². The summed E-state index contributed by atoms with van der Waals surface area (Å²) < 4.78 is 5.17. The van der Waals surface area contributed by atoms with E-state index in [1.807, 2.05) is 60.0 Å². The smallest absolute Gasteiger partial charge is 0.338 e. The quantitative estimate of drug-likeness (QED) is 0.620. The van der Waals surface area contributed by atoms with Crippen molar-refractivity contribution in [3.8, 4) is 0 Å². The van der Waals surface area contributed by atoms with Gasteiger partial charge in [-0.3, -0.25) is 4.79 Å². The van der Waals surface area contributed by atoms with Gasteiger partial charge >= 0.3 is 5.97 Å². The SMILES string of the molecule is CCc1ccc(C(=O)OCC(=O)N[C@H](c2ccccc2)c2cccs2)cc1. The lowest BCUT2D eigenvalue weighted by Crippen LogP contribution is -2.32. The molecule has 0 bridgehead atoms. The third-order valence-electron chi connectivity index (χ3n) is 4.20. The van der Waals surface area contributed by atoms with Crippen LogP contribution in [0.15, 0.2) is 72.1 Å². The zero-order chi connectivity index (χ0) is 19.1. The first-order chi connectivity index (χ1) is 13.2. The van der Waals surface area contributed by atoms with Gasteiger partial charge in [-0.1, -0.05) is 55.5 Å². The molecule has 3 rings (SSSR count). The lowest BCUT2D eigenvalue weighted by molar-refractivity contribution is -0.124. The number of amides is 1. The molecule has 1 atom stereocenters. The van der Waals surface area contributed by atoms with Crippen molar-refractivity contribution in [2.45, 2.75) is 19.4 Å². The van der Waals surface area contributed by atoms with E-state index >= 15 is 0 Å². The van der Waals surface area contributed by atoms with Gasteiger partial charge in [-0.05, 0) is 41.1 Å². The maximum atomic E-state index is 12.4. The number of thiophene rings is 1. The van der Waals surface area contributed by atoms with Crippen molar-refractivity contribution in [3.63, 3.8) is 0 Å². The zero-order valence-electron chi connectivity index (χ0n) is 15.1. The fourth-order valence-electron chi connectivity index (χ4n) is 2.71. The lowest BCUT2D eigenvalue weighted by Gasteiger charge is -2.18. The number of hydrogen-bond donors (Lipinski definition) is 1. The molecule has 0 spiro atoms. The fourth-order valence-corrected chi connectivity index (χ4v) is 3.52. The highest BCUT2D eigenvalue weighted by molar-refractivity contribution is 7.10. The number of carbonyl (C=O) groups excluding carboxylic acids is 2. The summed E-state index contributed by atoms with van der Waals surface area (Å²) in [5, 5.41) is 4.92. The molecule has 1 N–H and O–H groups in total. The van der Waals surface area contributed by atoms with E-state index in [4.69, 9.17) is 4.74 Å². The van der Waals surface area contributed by atoms with Gasteiger partial charge in [0.05, 0.1) is 11.6 Å². The van der Waals surface area contributed by atoms with Crippen LogP contribution in [0.25, 0.3) is 0 Å². The Hall–Kier alpha value is -2.92. The first-order valence-electron chi connectivity index (χ1n) is 8.81. The summed E-state index contributed by atoms with van der Waals surface area (Å²) in [7, 11) is 0. The normalized spacial score (nSPS) is 11.6. The molecule has 0 saturated heterocycles. The van der Waals surface area contributed by atoms with Crippen LogP contribution in [-0.4, -0.2) is 18.5 Å². The minimum atomic E-state index is -0.500. The molecule has 4 nitrogen and oxygen atoms in total. The Morgan fingerprint density at radius 1 is 1.00 bits per heavy atom. The maximum absolute atomic E-state index is 12.4. The molecule has 1 aromatic heterocycles. The van der Waals surface area contributed by atoms with Gasteiger partial charge in [0.1, 0.15) is 0 Å². The minimum absolute atomic E-state index is 0.263. The van der Waals surface area contributed by atoms with Crippen LogP contribution in [-0.2, 0) is 16.0 Å². The Labute approximate surface area is 162 Å². The molecule has 5 heteroatoms. The Kier molecular flexibility index (Phi) is 6.39. The molecule has 1 heterocycles. The van der Waals surface area contributed by atoms with Crippen molar-refractivity contribution in [3.05, 3.63) is 93.7 Å². The molecule has 27 heavy (non-hydrogen) atoms. The summed E-state index contributed by atoms with van der Waals surface area (Å²) in [5.41, 5.74) is 2.57. The second-order valence-corrected chi connectivity index (χ2v) is 7.03. The van der Waals surface area contributed by atoms with Crippen LogP contribution in [0.4, 0.5) is 0 Å². The summed E-state index contributed by atoms with van der Waals surface area (Å²) in [6.45, 7) is 1.73. The lowest BCUT2D eigenvalue weighted by atomic mass is 10.1. The molecule has 0 aliphatic carbocycles. The maximum Gasteiger partial charge on any atom is 0.338 e. The predicted octanol–water partition coefficient (Wildman–Crippen LogP) is 4.37. The molecular weight excluding hydrogens is 358 g/mol. The van der Waals surface area contributed by atoms with Gasteiger partial charge in [0, 0.05) is 4.88 Å². The molecule has 0 fully saturated rings. The van der Waals surface area contributed by atoms with Gasteiger partial charge in [0.2, 0.25) is 0 Å². The van der Waals surface area contributed by atoms with E-state index in [2.05, 4.69) is 12.2 Å². The zero-order valence-corrected chi connectivity index (χ0v) is 15.9. The van der Waals surface area contributed by atoms with E-state index < -0.39 is 5.97 Å². The average Bonchev–Trinajstić information content (AvgIpc) is 3.25. The monoisotopic (exact) mass is 379 g/mol. The number of rotatable bonds is 7. The third kappa shape index (κ3) is 5.05. The molecule has 2 aromatic carbocycles. The number of carbonyl (C=O) groups is 2. The predicted molar refractivity (Wildman–Crippen MR) is 107 cm³/mol. The molecule has 0 unspecified atom stereocenters. The van der Waals surface area contributed by atoms with Gasteiger partial charge in [-0.2, -0.15) is 0 Å². The molecule has 0 aliphatic rings. The standard InChI is InChI=1S/C22H21NO3S/c1-2-16-10-12-18(13-11-16)22(25)26-15-20(24)23-21(19-9-6-14-27-19)17-7-4-3-5-8-17/h3-14,21H,2,15H2,1H3,(H,23,24)/t21-/m1/s1. The Morgan fingerprint density at radius 3 is 2.37 bits per heavy atom.